The highest BCUT2D eigenvalue weighted by Gasteiger charge is 2.16. The molecule has 0 unspecified atom stereocenters. The Morgan fingerprint density at radius 2 is 2.28 bits per heavy atom. The molecule has 5 nitrogen and oxygen atoms in total. The lowest BCUT2D eigenvalue weighted by Gasteiger charge is -2.22. The fourth-order valence-electron chi connectivity index (χ4n) is 1.78. The van der Waals surface area contributed by atoms with Gasteiger partial charge in [0, 0.05) is 13.2 Å². The van der Waals surface area contributed by atoms with Gasteiger partial charge in [-0.25, -0.2) is 9.78 Å². The molecule has 2 rings (SSSR count). The predicted octanol–water partition coefficient (Wildman–Crippen LogP) is 2.24. The minimum atomic E-state index is -1.11. The van der Waals surface area contributed by atoms with Crippen LogP contribution in [-0.2, 0) is 4.74 Å². The summed E-state index contributed by atoms with van der Waals surface area (Å²) < 4.78 is 10.8. The molecular weight excluding hydrogens is 258 g/mol. The number of hydrogen-bond acceptors (Lipinski definition) is 4. The van der Waals surface area contributed by atoms with Gasteiger partial charge in [-0.1, -0.05) is 11.6 Å². The van der Waals surface area contributed by atoms with Gasteiger partial charge >= 0.3 is 5.97 Å². The van der Waals surface area contributed by atoms with Gasteiger partial charge in [-0.05, 0) is 24.8 Å². The van der Waals surface area contributed by atoms with Crippen LogP contribution in [0.15, 0.2) is 12.3 Å². The lowest BCUT2D eigenvalue weighted by atomic mass is 10.0. The zero-order valence-corrected chi connectivity index (χ0v) is 10.5. The van der Waals surface area contributed by atoms with E-state index in [0.717, 1.165) is 26.1 Å². The minimum Gasteiger partial charge on any atom is -0.492 e. The van der Waals surface area contributed by atoms with E-state index in [4.69, 9.17) is 26.2 Å². The molecule has 1 aliphatic heterocycles. The minimum absolute atomic E-state index is 0.0269. The van der Waals surface area contributed by atoms with Crippen LogP contribution in [0.1, 0.15) is 23.2 Å². The highest BCUT2D eigenvalue weighted by molar-refractivity contribution is 6.32. The standard InChI is InChI=1S/C12H14ClNO4/c13-11-10(12(15)16)5-9(6-14-11)18-7-8-1-3-17-4-2-8/h5-6,8H,1-4,7H2,(H,15,16). The smallest absolute Gasteiger partial charge is 0.338 e. The zero-order valence-electron chi connectivity index (χ0n) is 9.76. The number of carbonyl (C=O) groups is 1. The van der Waals surface area contributed by atoms with E-state index < -0.39 is 5.97 Å². The predicted molar refractivity (Wildman–Crippen MR) is 65.2 cm³/mol. The number of carboxylic acids is 1. The largest absolute Gasteiger partial charge is 0.492 e. The Balaban J connectivity index is 1.96. The van der Waals surface area contributed by atoms with E-state index in [1.165, 1.54) is 12.3 Å². The van der Waals surface area contributed by atoms with E-state index in [-0.39, 0.29) is 10.7 Å². The molecule has 1 fully saturated rings. The van der Waals surface area contributed by atoms with Crippen LogP contribution in [0.2, 0.25) is 5.15 Å². The van der Waals surface area contributed by atoms with Gasteiger partial charge < -0.3 is 14.6 Å². The average Bonchev–Trinajstić information content (AvgIpc) is 2.38. The van der Waals surface area contributed by atoms with Crippen LogP contribution < -0.4 is 4.74 Å². The number of hydrogen-bond donors (Lipinski definition) is 1. The second kappa shape index (κ2) is 6.02. The lowest BCUT2D eigenvalue weighted by molar-refractivity contribution is 0.0496. The molecule has 0 bridgehead atoms. The number of ether oxygens (including phenoxy) is 2. The Kier molecular flexibility index (Phi) is 4.38. The summed E-state index contributed by atoms with van der Waals surface area (Å²) in [5, 5.41) is 8.88. The molecule has 0 aromatic carbocycles. The normalized spacial score (nSPS) is 16.5. The third-order valence-corrected chi connectivity index (χ3v) is 3.17. The number of halogens is 1. The Morgan fingerprint density at radius 3 is 2.94 bits per heavy atom. The van der Waals surface area contributed by atoms with Crippen LogP contribution in [0.4, 0.5) is 0 Å². The first-order valence-electron chi connectivity index (χ1n) is 5.76. The van der Waals surface area contributed by atoms with Crippen molar-refractivity contribution in [3.05, 3.63) is 23.0 Å². The molecule has 1 aromatic rings. The Hall–Kier alpha value is -1.33. The summed E-state index contributed by atoms with van der Waals surface area (Å²) >= 11 is 5.68. The van der Waals surface area contributed by atoms with Crippen LogP contribution in [0, 0.1) is 5.92 Å². The van der Waals surface area contributed by atoms with Crippen molar-refractivity contribution in [1.82, 2.24) is 4.98 Å². The first kappa shape index (κ1) is 13.1. The lowest BCUT2D eigenvalue weighted by Crippen LogP contribution is -2.21. The van der Waals surface area contributed by atoms with Gasteiger partial charge in [-0.3, -0.25) is 0 Å². The summed E-state index contributed by atoms with van der Waals surface area (Å²) in [7, 11) is 0. The van der Waals surface area contributed by atoms with E-state index >= 15 is 0 Å². The molecule has 1 aliphatic rings. The van der Waals surface area contributed by atoms with Crippen LogP contribution in [0.25, 0.3) is 0 Å². The molecule has 0 aliphatic carbocycles. The van der Waals surface area contributed by atoms with Crippen molar-refractivity contribution in [3.63, 3.8) is 0 Å². The molecule has 1 aromatic heterocycles. The average molecular weight is 272 g/mol. The van der Waals surface area contributed by atoms with Gasteiger partial charge in [0.15, 0.2) is 0 Å². The molecule has 1 saturated heterocycles. The van der Waals surface area contributed by atoms with E-state index in [1.807, 2.05) is 0 Å². The quantitative estimate of drug-likeness (QED) is 0.851. The topological polar surface area (TPSA) is 68.7 Å². The molecular formula is C12H14ClNO4. The maximum Gasteiger partial charge on any atom is 0.338 e. The zero-order chi connectivity index (χ0) is 13.0. The first-order chi connectivity index (χ1) is 8.66. The molecule has 2 heterocycles. The summed E-state index contributed by atoms with van der Waals surface area (Å²) in [4.78, 5) is 14.7. The summed E-state index contributed by atoms with van der Waals surface area (Å²) in [6.07, 6.45) is 3.37. The van der Waals surface area contributed by atoms with Crippen molar-refractivity contribution < 1.29 is 19.4 Å². The molecule has 1 N–H and O–H groups in total. The van der Waals surface area contributed by atoms with Gasteiger partial charge in [0.2, 0.25) is 0 Å². The summed E-state index contributed by atoms with van der Waals surface area (Å²) in [5.41, 5.74) is -0.0406. The summed E-state index contributed by atoms with van der Waals surface area (Å²) in [6.45, 7) is 2.06. The number of aromatic nitrogens is 1. The summed E-state index contributed by atoms with van der Waals surface area (Å²) in [5.74, 6) is -0.227. The first-order valence-corrected chi connectivity index (χ1v) is 6.14. The number of rotatable bonds is 4. The molecule has 0 amide bonds. The molecule has 0 radical (unpaired) electrons. The molecule has 6 heteroatoms. The van der Waals surface area contributed by atoms with Crippen LogP contribution in [-0.4, -0.2) is 35.9 Å². The van der Waals surface area contributed by atoms with Crippen LogP contribution in [0.5, 0.6) is 5.75 Å². The maximum absolute atomic E-state index is 10.9. The van der Waals surface area contributed by atoms with Crippen LogP contribution in [0.3, 0.4) is 0 Å². The second-order valence-corrected chi connectivity index (χ2v) is 4.54. The van der Waals surface area contributed by atoms with E-state index in [9.17, 15) is 4.79 Å². The highest BCUT2D eigenvalue weighted by Crippen LogP contribution is 2.21. The van der Waals surface area contributed by atoms with Crippen molar-refractivity contribution in [2.45, 2.75) is 12.8 Å². The number of carboxylic acid groups (broad SMARTS) is 1. The van der Waals surface area contributed by atoms with Gasteiger partial charge in [-0.15, -0.1) is 0 Å². The van der Waals surface area contributed by atoms with Crippen LogP contribution >= 0.6 is 11.6 Å². The van der Waals surface area contributed by atoms with E-state index in [1.54, 1.807) is 0 Å². The molecule has 0 saturated carbocycles. The fraction of sp³-hybridized carbons (Fsp3) is 0.500. The van der Waals surface area contributed by atoms with E-state index in [2.05, 4.69) is 4.98 Å². The van der Waals surface area contributed by atoms with Gasteiger partial charge in [0.25, 0.3) is 0 Å². The van der Waals surface area contributed by atoms with Crippen molar-refractivity contribution in [3.8, 4) is 5.75 Å². The Labute approximate surface area is 110 Å². The third kappa shape index (κ3) is 3.34. The SMILES string of the molecule is O=C(O)c1cc(OCC2CCOCC2)cnc1Cl. The third-order valence-electron chi connectivity index (χ3n) is 2.87. The summed E-state index contributed by atoms with van der Waals surface area (Å²) in [6, 6.07) is 1.40. The number of nitrogens with zero attached hydrogens (tertiary/aromatic N) is 1. The van der Waals surface area contributed by atoms with Gasteiger partial charge in [-0.2, -0.15) is 0 Å². The van der Waals surface area contributed by atoms with E-state index in [0.29, 0.717) is 18.3 Å². The van der Waals surface area contributed by atoms with Crippen molar-refractivity contribution in [1.29, 1.82) is 0 Å². The number of pyridine rings is 1. The molecule has 0 atom stereocenters. The maximum atomic E-state index is 10.9. The Morgan fingerprint density at radius 1 is 1.56 bits per heavy atom. The van der Waals surface area contributed by atoms with Gasteiger partial charge in [0.05, 0.1) is 12.8 Å². The van der Waals surface area contributed by atoms with Crippen molar-refractivity contribution in [2.24, 2.45) is 5.92 Å². The number of aromatic carboxylic acids is 1. The van der Waals surface area contributed by atoms with Crippen molar-refractivity contribution in [2.75, 3.05) is 19.8 Å². The Bertz CT molecular complexity index is 432. The van der Waals surface area contributed by atoms with Crippen molar-refractivity contribution >= 4 is 17.6 Å². The second-order valence-electron chi connectivity index (χ2n) is 4.18. The van der Waals surface area contributed by atoms with Gasteiger partial charge in [0.1, 0.15) is 16.5 Å². The molecule has 18 heavy (non-hydrogen) atoms. The monoisotopic (exact) mass is 271 g/mol. The highest BCUT2D eigenvalue weighted by atomic mass is 35.5. The molecule has 0 spiro atoms. The molecule has 98 valence electrons. The fourth-order valence-corrected chi connectivity index (χ4v) is 1.97.